The SMILES string of the molecule is C[n+]1ccc(/C=C2\Sc3ccccc3N2Cc2ccccc2)cc1. The predicted octanol–water partition coefficient (Wildman–Crippen LogP) is 4.62. The summed E-state index contributed by atoms with van der Waals surface area (Å²) in [6, 6.07) is 23.6. The maximum absolute atomic E-state index is 2.41. The van der Waals surface area contributed by atoms with Crippen molar-refractivity contribution >= 4 is 23.5 Å². The van der Waals surface area contributed by atoms with Crippen molar-refractivity contribution in [3.8, 4) is 0 Å². The molecule has 0 fully saturated rings. The number of rotatable bonds is 3. The van der Waals surface area contributed by atoms with E-state index in [2.05, 4.69) is 94.7 Å². The molecule has 0 saturated heterocycles. The van der Waals surface area contributed by atoms with Gasteiger partial charge in [0.2, 0.25) is 0 Å². The van der Waals surface area contributed by atoms with Gasteiger partial charge in [-0.3, -0.25) is 0 Å². The highest BCUT2D eigenvalue weighted by Gasteiger charge is 2.24. The van der Waals surface area contributed by atoms with E-state index in [9.17, 15) is 0 Å². The van der Waals surface area contributed by atoms with E-state index in [1.807, 2.05) is 18.8 Å². The van der Waals surface area contributed by atoms with Crippen molar-refractivity contribution in [1.82, 2.24) is 0 Å². The van der Waals surface area contributed by atoms with Crippen LogP contribution in [0.1, 0.15) is 11.1 Å². The lowest BCUT2D eigenvalue weighted by Crippen LogP contribution is -2.25. The molecule has 2 aromatic carbocycles. The summed E-state index contributed by atoms with van der Waals surface area (Å²) >= 11 is 1.84. The molecule has 0 spiro atoms. The fourth-order valence-corrected chi connectivity index (χ4v) is 3.96. The van der Waals surface area contributed by atoms with Crippen molar-refractivity contribution in [2.24, 2.45) is 7.05 Å². The first kappa shape index (κ1) is 15.0. The fraction of sp³-hybridized carbons (Fsp3) is 0.0952. The van der Waals surface area contributed by atoms with Gasteiger partial charge in [-0.15, -0.1) is 0 Å². The molecule has 0 N–H and O–H groups in total. The lowest BCUT2D eigenvalue weighted by molar-refractivity contribution is -0.671. The van der Waals surface area contributed by atoms with Gasteiger partial charge in [0.25, 0.3) is 0 Å². The molecule has 2 nitrogen and oxygen atoms in total. The predicted molar refractivity (Wildman–Crippen MR) is 101 cm³/mol. The molecular weight excluding hydrogens is 312 g/mol. The topological polar surface area (TPSA) is 7.12 Å². The van der Waals surface area contributed by atoms with Crippen LogP contribution < -0.4 is 9.47 Å². The van der Waals surface area contributed by atoms with Crippen molar-refractivity contribution in [3.63, 3.8) is 0 Å². The molecule has 3 heteroatoms. The molecule has 1 aliphatic heterocycles. The smallest absolute Gasteiger partial charge is 0.169 e. The number of para-hydroxylation sites is 1. The quantitative estimate of drug-likeness (QED) is 0.646. The maximum atomic E-state index is 2.41. The van der Waals surface area contributed by atoms with E-state index >= 15 is 0 Å². The second-order valence-corrected chi connectivity index (χ2v) is 6.98. The number of nitrogens with zero attached hydrogens (tertiary/aromatic N) is 2. The Hall–Kier alpha value is -2.52. The first-order valence-electron chi connectivity index (χ1n) is 8.05. The van der Waals surface area contributed by atoms with Gasteiger partial charge in [0.1, 0.15) is 7.05 Å². The first-order valence-corrected chi connectivity index (χ1v) is 8.86. The zero-order valence-electron chi connectivity index (χ0n) is 13.6. The Labute approximate surface area is 147 Å². The third kappa shape index (κ3) is 3.08. The van der Waals surface area contributed by atoms with Crippen LogP contribution in [0, 0.1) is 0 Å². The summed E-state index contributed by atoms with van der Waals surface area (Å²) in [5.41, 5.74) is 3.83. The summed E-state index contributed by atoms with van der Waals surface area (Å²) in [5.74, 6) is 0. The van der Waals surface area contributed by atoms with Gasteiger partial charge in [-0.25, -0.2) is 4.57 Å². The van der Waals surface area contributed by atoms with Crippen molar-refractivity contribution in [2.75, 3.05) is 4.90 Å². The summed E-state index contributed by atoms with van der Waals surface area (Å²) in [7, 11) is 2.04. The molecule has 0 bridgehead atoms. The van der Waals surface area contributed by atoms with Crippen LogP contribution in [0.5, 0.6) is 0 Å². The van der Waals surface area contributed by atoms with Crippen molar-refractivity contribution in [2.45, 2.75) is 11.4 Å². The lowest BCUT2D eigenvalue weighted by Gasteiger charge is -2.20. The van der Waals surface area contributed by atoms with Crippen LogP contribution >= 0.6 is 11.8 Å². The van der Waals surface area contributed by atoms with E-state index < -0.39 is 0 Å². The Morgan fingerprint density at radius 1 is 0.917 bits per heavy atom. The Bertz CT molecular complexity index is 870. The van der Waals surface area contributed by atoms with Gasteiger partial charge >= 0.3 is 0 Å². The highest BCUT2D eigenvalue weighted by atomic mass is 32.2. The van der Waals surface area contributed by atoms with Gasteiger partial charge in [0.05, 0.1) is 10.7 Å². The van der Waals surface area contributed by atoms with E-state index in [0.29, 0.717) is 0 Å². The van der Waals surface area contributed by atoms with E-state index in [1.54, 1.807) is 0 Å². The third-order valence-electron chi connectivity index (χ3n) is 4.11. The minimum atomic E-state index is 0.886. The molecule has 118 valence electrons. The standard InChI is InChI=1S/C21H19N2S/c1-22-13-11-17(12-14-22)15-21-23(16-18-7-3-2-4-8-18)19-9-5-6-10-20(19)24-21/h2-15H,16H2,1H3/q+1. The van der Waals surface area contributed by atoms with E-state index in [4.69, 9.17) is 0 Å². The highest BCUT2D eigenvalue weighted by Crippen LogP contribution is 2.47. The van der Waals surface area contributed by atoms with Gasteiger partial charge in [-0.1, -0.05) is 54.2 Å². The monoisotopic (exact) mass is 331 g/mol. The van der Waals surface area contributed by atoms with Gasteiger partial charge < -0.3 is 4.90 Å². The van der Waals surface area contributed by atoms with Crippen LogP contribution in [0.4, 0.5) is 5.69 Å². The Balaban J connectivity index is 1.71. The van der Waals surface area contributed by atoms with Crippen LogP contribution in [0.25, 0.3) is 6.08 Å². The van der Waals surface area contributed by atoms with Crippen molar-refractivity contribution in [1.29, 1.82) is 0 Å². The van der Waals surface area contributed by atoms with Crippen molar-refractivity contribution < 1.29 is 4.57 Å². The Morgan fingerprint density at radius 3 is 2.42 bits per heavy atom. The number of thioether (sulfide) groups is 1. The molecule has 4 rings (SSSR count). The molecule has 0 amide bonds. The molecule has 0 radical (unpaired) electrons. The molecule has 0 atom stereocenters. The van der Waals surface area contributed by atoms with E-state index in [1.165, 1.54) is 26.7 Å². The molecule has 1 aliphatic rings. The van der Waals surface area contributed by atoms with Gasteiger partial charge in [0, 0.05) is 23.6 Å². The molecule has 3 aromatic rings. The van der Waals surface area contributed by atoms with Crippen molar-refractivity contribution in [3.05, 3.63) is 95.3 Å². The number of aryl methyl sites for hydroxylation is 1. The summed E-state index contributed by atoms with van der Waals surface area (Å²) in [4.78, 5) is 3.73. The summed E-state index contributed by atoms with van der Waals surface area (Å²) in [6.45, 7) is 0.886. The lowest BCUT2D eigenvalue weighted by atomic mass is 10.2. The normalized spacial score (nSPS) is 14.9. The molecule has 0 unspecified atom stereocenters. The number of aromatic nitrogens is 1. The molecule has 0 aliphatic carbocycles. The number of anilines is 1. The average molecular weight is 331 g/mol. The zero-order chi connectivity index (χ0) is 16.4. The van der Waals surface area contributed by atoms with E-state index in [-0.39, 0.29) is 0 Å². The fourth-order valence-electron chi connectivity index (χ4n) is 2.84. The molecule has 1 aromatic heterocycles. The second-order valence-electron chi connectivity index (χ2n) is 5.92. The Morgan fingerprint density at radius 2 is 1.62 bits per heavy atom. The number of hydrogen-bond acceptors (Lipinski definition) is 2. The third-order valence-corrected chi connectivity index (χ3v) is 5.23. The van der Waals surface area contributed by atoms with Crippen LogP contribution in [0.15, 0.2) is 89.0 Å². The number of hydrogen-bond donors (Lipinski definition) is 0. The highest BCUT2D eigenvalue weighted by molar-refractivity contribution is 8.03. The number of pyridine rings is 1. The summed E-state index contributed by atoms with van der Waals surface area (Å²) < 4.78 is 2.06. The summed E-state index contributed by atoms with van der Waals surface area (Å²) in [5, 5.41) is 1.27. The van der Waals surface area contributed by atoms with E-state index in [0.717, 1.165) is 6.54 Å². The van der Waals surface area contributed by atoms with Crippen LogP contribution in [0.2, 0.25) is 0 Å². The van der Waals surface area contributed by atoms with Gasteiger partial charge in [-0.2, -0.15) is 0 Å². The largest absolute Gasteiger partial charge is 0.330 e. The second kappa shape index (κ2) is 6.54. The molecule has 0 saturated carbocycles. The van der Waals surface area contributed by atoms with Gasteiger partial charge in [-0.05, 0) is 29.3 Å². The van der Waals surface area contributed by atoms with Crippen LogP contribution in [0.3, 0.4) is 0 Å². The minimum absolute atomic E-state index is 0.886. The average Bonchev–Trinajstić information content (AvgIpc) is 2.95. The van der Waals surface area contributed by atoms with Crippen LogP contribution in [-0.2, 0) is 13.6 Å². The minimum Gasteiger partial charge on any atom is -0.330 e. The Kier molecular flexibility index (Phi) is 4.09. The zero-order valence-corrected chi connectivity index (χ0v) is 14.4. The molecule has 2 heterocycles. The van der Waals surface area contributed by atoms with Gasteiger partial charge in [0.15, 0.2) is 12.4 Å². The summed E-state index contributed by atoms with van der Waals surface area (Å²) in [6.07, 6.45) is 6.44. The molecule has 24 heavy (non-hydrogen) atoms. The number of benzene rings is 2. The van der Waals surface area contributed by atoms with Crippen LogP contribution in [-0.4, -0.2) is 0 Å². The maximum Gasteiger partial charge on any atom is 0.169 e. The first-order chi connectivity index (χ1) is 11.8. The molecular formula is C21H19N2S+. The number of fused-ring (bicyclic) bond motifs is 1.